The Hall–Kier alpha value is -4.63. The minimum absolute atomic E-state index is 0.0412. The first-order chi connectivity index (χ1) is 25.8. The van der Waals surface area contributed by atoms with Gasteiger partial charge in [-0.15, -0.1) is 0 Å². The molecule has 6 rings (SSSR count). The van der Waals surface area contributed by atoms with Crippen molar-refractivity contribution in [2.45, 2.75) is 123 Å². The van der Waals surface area contributed by atoms with E-state index in [1.54, 1.807) is 17.7 Å². The molecule has 0 atom stereocenters. The van der Waals surface area contributed by atoms with Crippen LogP contribution in [0.3, 0.4) is 0 Å². The number of hydrogen-bond acceptors (Lipinski definition) is 2. The largest absolute Gasteiger partial charge is 0.478 e. The first-order valence-electron chi connectivity index (χ1n) is 20.4. The lowest BCUT2D eigenvalue weighted by atomic mass is 9.70. The summed E-state index contributed by atoms with van der Waals surface area (Å²) in [4.78, 5) is 14.1. The van der Waals surface area contributed by atoms with E-state index in [2.05, 4.69) is 118 Å². The second kappa shape index (κ2) is 17.9. The van der Waals surface area contributed by atoms with Gasteiger partial charge in [0.2, 0.25) is 0 Å². The van der Waals surface area contributed by atoms with Gasteiger partial charge < -0.3 is 10.0 Å². The van der Waals surface area contributed by atoms with Gasteiger partial charge in [0.1, 0.15) is 0 Å². The zero-order valence-electron chi connectivity index (χ0n) is 32.6. The number of anilines is 3. The number of aryl methyl sites for hydroxylation is 2. The molecular weight excluding hydrogens is 647 g/mol. The number of rotatable bonds is 19. The van der Waals surface area contributed by atoms with Crippen molar-refractivity contribution < 1.29 is 9.90 Å². The topological polar surface area (TPSA) is 40.5 Å². The Morgan fingerprint density at radius 1 is 0.528 bits per heavy atom. The average molecular weight is 706 g/mol. The van der Waals surface area contributed by atoms with Gasteiger partial charge in [0.25, 0.3) is 0 Å². The van der Waals surface area contributed by atoms with Crippen LogP contribution < -0.4 is 4.90 Å². The molecule has 0 unspecified atom stereocenters. The average Bonchev–Trinajstić information content (AvgIpc) is 3.43. The van der Waals surface area contributed by atoms with Gasteiger partial charge in [0.15, 0.2) is 0 Å². The zero-order chi connectivity index (χ0) is 37.2. The summed E-state index contributed by atoms with van der Waals surface area (Å²) < 4.78 is 0. The van der Waals surface area contributed by atoms with E-state index in [4.69, 9.17) is 0 Å². The highest BCUT2D eigenvalue weighted by Gasteiger charge is 2.42. The molecule has 0 bridgehead atoms. The smallest absolute Gasteiger partial charge is 0.335 e. The highest BCUT2D eigenvalue weighted by Crippen LogP contribution is 2.55. The lowest BCUT2D eigenvalue weighted by Gasteiger charge is -2.33. The van der Waals surface area contributed by atoms with Gasteiger partial charge in [-0.2, -0.15) is 0 Å². The fraction of sp³-hybridized carbons (Fsp3) is 0.380. The van der Waals surface area contributed by atoms with Gasteiger partial charge in [-0.1, -0.05) is 163 Å². The lowest BCUT2D eigenvalue weighted by molar-refractivity contribution is 0.0697. The number of unbranched alkanes of at least 4 members (excludes halogenated alkanes) is 10. The fourth-order valence-corrected chi connectivity index (χ4v) is 8.59. The van der Waals surface area contributed by atoms with Gasteiger partial charge in [0, 0.05) is 22.5 Å². The molecule has 5 aromatic rings. The van der Waals surface area contributed by atoms with Crippen molar-refractivity contribution in [1.82, 2.24) is 0 Å². The second-order valence-corrected chi connectivity index (χ2v) is 15.5. The number of fused-ring (bicyclic) bond motifs is 3. The summed E-state index contributed by atoms with van der Waals surface area (Å²) in [5.74, 6) is -0.927. The maximum absolute atomic E-state index is 11.9. The molecule has 1 aliphatic rings. The highest BCUT2D eigenvalue weighted by atomic mass is 16.4. The molecule has 276 valence electrons. The van der Waals surface area contributed by atoms with E-state index in [0.717, 1.165) is 17.1 Å². The van der Waals surface area contributed by atoms with E-state index < -0.39 is 5.97 Å². The summed E-state index contributed by atoms with van der Waals surface area (Å²) in [5.41, 5.74) is 14.0. The summed E-state index contributed by atoms with van der Waals surface area (Å²) in [5, 5.41) is 9.77. The van der Waals surface area contributed by atoms with Crippen LogP contribution in [-0.4, -0.2) is 11.1 Å². The van der Waals surface area contributed by atoms with Crippen molar-refractivity contribution in [3.05, 3.63) is 137 Å². The molecule has 0 saturated carbocycles. The van der Waals surface area contributed by atoms with Crippen LogP contribution in [0.15, 0.2) is 109 Å². The zero-order valence-corrected chi connectivity index (χ0v) is 32.6. The Bertz CT molecular complexity index is 1940. The number of carbonyl (C=O) groups is 1. The van der Waals surface area contributed by atoms with Gasteiger partial charge >= 0.3 is 5.97 Å². The Balaban J connectivity index is 1.36. The molecule has 0 aromatic heterocycles. The molecule has 53 heavy (non-hydrogen) atoms. The summed E-state index contributed by atoms with van der Waals surface area (Å²) in [7, 11) is 0. The van der Waals surface area contributed by atoms with E-state index in [9.17, 15) is 9.90 Å². The maximum Gasteiger partial charge on any atom is 0.335 e. The van der Waals surface area contributed by atoms with Crippen LogP contribution in [0.25, 0.3) is 22.3 Å². The van der Waals surface area contributed by atoms with E-state index in [-0.39, 0.29) is 11.0 Å². The summed E-state index contributed by atoms with van der Waals surface area (Å²) in [6.45, 7) is 8.94. The lowest BCUT2D eigenvalue weighted by Crippen LogP contribution is -2.25. The van der Waals surface area contributed by atoms with Crippen LogP contribution in [0, 0.1) is 13.8 Å². The van der Waals surface area contributed by atoms with Gasteiger partial charge in [0.05, 0.1) is 5.56 Å². The van der Waals surface area contributed by atoms with Crippen LogP contribution >= 0.6 is 0 Å². The monoisotopic (exact) mass is 705 g/mol. The van der Waals surface area contributed by atoms with Crippen molar-refractivity contribution in [1.29, 1.82) is 0 Å². The summed E-state index contributed by atoms with van der Waals surface area (Å²) >= 11 is 0. The van der Waals surface area contributed by atoms with Crippen molar-refractivity contribution in [3.63, 3.8) is 0 Å². The minimum atomic E-state index is -0.927. The maximum atomic E-state index is 11.9. The molecule has 1 N–H and O–H groups in total. The molecule has 0 aliphatic heterocycles. The van der Waals surface area contributed by atoms with Crippen LogP contribution in [0.1, 0.15) is 136 Å². The molecule has 3 nitrogen and oxygen atoms in total. The molecule has 5 aromatic carbocycles. The van der Waals surface area contributed by atoms with Crippen molar-refractivity contribution in [2.24, 2.45) is 0 Å². The van der Waals surface area contributed by atoms with E-state index in [1.807, 2.05) is 12.1 Å². The Kier molecular flexibility index (Phi) is 12.9. The normalized spacial score (nSPS) is 12.8. The van der Waals surface area contributed by atoms with Crippen LogP contribution in [0.2, 0.25) is 0 Å². The molecule has 0 spiro atoms. The molecule has 0 saturated heterocycles. The Morgan fingerprint density at radius 3 is 1.64 bits per heavy atom. The van der Waals surface area contributed by atoms with Crippen molar-refractivity contribution in [2.75, 3.05) is 4.90 Å². The predicted octanol–water partition coefficient (Wildman–Crippen LogP) is 14.9. The van der Waals surface area contributed by atoms with Crippen LogP contribution in [0.4, 0.5) is 17.1 Å². The number of carboxylic acid groups (broad SMARTS) is 1. The third kappa shape index (κ3) is 8.78. The van der Waals surface area contributed by atoms with E-state index >= 15 is 0 Å². The number of nitrogens with zero attached hydrogens (tertiary/aromatic N) is 1. The Morgan fingerprint density at radius 2 is 1.04 bits per heavy atom. The number of carboxylic acids is 1. The number of hydrogen-bond donors (Lipinski definition) is 1. The number of aromatic carboxylic acids is 1. The van der Waals surface area contributed by atoms with Crippen molar-refractivity contribution in [3.8, 4) is 22.3 Å². The molecule has 0 amide bonds. The molecule has 1 aliphatic carbocycles. The number of benzene rings is 5. The third-order valence-electron chi connectivity index (χ3n) is 11.5. The van der Waals surface area contributed by atoms with Crippen LogP contribution in [-0.2, 0) is 5.41 Å². The third-order valence-corrected chi connectivity index (χ3v) is 11.5. The van der Waals surface area contributed by atoms with Gasteiger partial charge in [-0.25, -0.2) is 4.79 Å². The van der Waals surface area contributed by atoms with Crippen LogP contribution in [0.5, 0.6) is 0 Å². The van der Waals surface area contributed by atoms with Gasteiger partial charge in [-0.3, -0.25) is 0 Å². The molecule has 3 heteroatoms. The SMILES string of the molecule is CCCCCCCCC1(CCCCCCCC)c2cc(C)ccc2-c2ccc(-c3ccc(N(c4ccc(C)cc4)c4cccc(C(=O)O)c4)cc3)cc21. The summed E-state index contributed by atoms with van der Waals surface area (Å²) in [6, 6.07) is 38.9. The molecule has 0 radical (unpaired) electrons. The molecule has 0 fully saturated rings. The fourth-order valence-electron chi connectivity index (χ4n) is 8.59. The first-order valence-corrected chi connectivity index (χ1v) is 20.4. The van der Waals surface area contributed by atoms with E-state index in [1.165, 1.54) is 129 Å². The minimum Gasteiger partial charge on any atom is -0.478 e. The molecule has 0 heterocycles. The molecular formula is C50H59NO2. The quantitative estimate of drug-likeness (QED) is 0.0870. The highest BCUT2D eigenvalue weighted by molar-refractivity contribution is 5.90. The van der Waals surface area contributed by atoms with Gasteiger partial charge in [-0.05, 0) is 109 Å². The summed E-state index contributed by atoms with van der Waals surface area (Å²) in [6.07, 6.45) is 18.2. The first kappa shape index (κ1) is 38.1. The Labute approximate surface area is 319 Å². The standard InChI is InChI=1S/C50H59NO2/c1-5-7-9-11-13-15-32-50(33-16-14-12-10-8-6-2)47-34-38(4)22-30-45(47)46-31-25-40(36-48(46)50)39-23-28-43(29-24-39)51(42-26-20-37(3)21-27-42)44-19-17-18-41(35-44)49(52)53/h17-31,34-36H,5-16,32-33H2,1-4H3,(H,52,53). The van der Waals surface area contributed by atoms with Crippen molar-refractivity contribution >= 4 is 23.0 Å². The predicted molar refractivity (Wildman–Crippen MR) is 225 cm³/mol. The van der Waals surface area contributed by atoms with E-state index in [0.29, 0.717) is 0 Å². The second-order valence-electron chi connectivity index (χ2n) is 15.5.